The molecule has 19 heavy (non-hydrogen) atoms. The van der Waals surface area contributed by atoms with Crippen LogP contribution in [0.5, 0.6) is 0 Å². The van der Waals surface area contributed by atoms with E-state index in [1.54, 1.807) is 6.07 Å². The lowest BCUT2D eigenvalue weighted by atomic mass is 9.99. The Morgan fingerprint density at radius 2 is 2.11 bits per heavy atom. The number of carbonyl (C=O) groups excluding carboxylic acids is 1. The van der Waals surface area contributed by atoms with Crippen molar-refractivity contribution in [2.45, 2.75) is 46.5 Å². The number of anilines is 1. The summed E-state index contributed by atoms with van der Waals surface area (Å²) in [4.78, 5) is 12.0. The van der Waals surface area contributed by atoms with Crippen LogP contribution in [-0.4, -0.2) is 12.5 Å². The maximum atomic E-state index is 12.0. The SMILES string of the molecule is CCCCC(CC)CNC(=O)c1ccc(C)c(N)c1. The maximum Gasteiger partial charge on any atom is 0.251 e. The Kier molecular flexibility index (Phi) is 6.40. The van der Waals surface area contributed by atoms with Gasteiger partial charge in [-0.05, 0) is 37.0 Å². The summed E-state index contributed by atoms with van der Waals surface area (Å²) in [6.07, 6.45) is 4.73. The molecule has 0 aliphatic heterocycles. The second-order valence-electron chi connectivity index (χ2n) is 5.20. The smallest absolute Gasteiger partial charge is 0.251 e. The van der Waals surface area contributed by atoms with Crippen LogP contribution in [0, 0.1) is 12.8 Å². The maximum absolute atomic E-state index is 12.0. The predicted octanol–water partition coefficient (Wildman–Crippen LogP) is 3.52. The average Bonchev–Trinajstić information content (AvgIpc) is 2.41. The van der Waals surface area contributed by atoms with Gasteiger partial charge in [0.05, 0.1) is 0 Å². The first-order chi connectivity index (χ1) is 9.08. The van der Waals surface area contributed by atoms with Crippen LogP contribution in [0.15, 0.2) is 18.2 Å². The zero-order valence-electron chi connectivity index (χ0n) is 12.3. The minimum Gasteiger partial charge on any atom is -0.398 e. The van der Waals surface area contributed by atoms with E-state index in [1.165, 1.54) is 19.3 Å². The summed E-state index contributed by atoms with van der Waals surface area (Å²) in [6, 6.07) is 5.46. The highest BCUT2D eigenvalue weighted by Gasteiger charge is 2.10. The molecule has 1 amide bonds. The molecule has 0 aromatic heterocycles. The minimum absolute atomic E-state index is 0.0263. The van der Waals surface area contributed by atoms with E-state index in [0.29, 0.717) is 17.2 Å². The van der Waals surface area contributed by atoms with Crippen LogP contribution in [0.1, 0.15) is 55.5 Å². The lowest BCUT2D eigenvalue weighted by Crippen LogP contribution is -2.29. The van der Waals surface area contributed by atoms with Crippen molar-refractivity contribution in [2.24, 2.45) is 5.92 Å². The van der Waals surface area contributed by atoms with Gasteiger partial charge in [0.1, 0.15) is 0 Å². The molecule has 1 aromatic carbocycles. The number of aryl methyl sites for hydroxylation is 1. The first-order valence-electron chi connectivity index (χ1n) is 7.22. The number of nitrogens with two attached hydrogens (primary N) is 1. The van der Waals surface area contributed by atoms with Gasteiger partial charge in [-0.3, -0.25) is 4.79 Å². The van der Waals surface area contributed by atoms with E-state index >= 15 is 0 Å². The molecule has 0 saturated carbocycles. The van der Waals surface area contributed by atoms with Gasteiger partial charge in [0.15, 0.2) is 0 Å². The average molecular weight is 262 g/mol. The predicted molar refractivity (Wildman–Crippen MR) is 81.2 cm³/mol. The van der Waals surface area contributed by atoms with E-state index in [4.69, 9.17) is 5.73 Å². The second kappa shape index (κ2) is 7.82. The third-order valence-electron chi connectivity index (χ3n) is 3.64. The van der Waals surface area contributed by atoms with Crippen molar-refractivity contribution in [1.82, 2.24) is 5.32 Å². The Morgan fingerprint density at radius 3 is 2.68 bits per heavy atom. The number of benzene rings is 1. The summed E-state index contributed by atoms with van der Waals surface area (Å²) >= 11 is 0. The highest BCUT2D eigenvalue weighted by Crippen LogP contribution is 2.14. The molecule has 1 aromatic rings. The van der Waals surface area contributed by atoms with E-state index in [1.807, 2.05) is 19.1 Å². The molecule has 0 bridgehead atoms. The zero-order valence-corrected chi connectivity index (χ0v) is 12.3. The summed E-state index contributed by atoms with van der Waals surface area (Å²) in [7, 11) is 0. The molecular weight excluding hydrogens is 236 g/mol. The number of carbonyl (C=O) groups is 1. The Hall–Kier alpha value is -1.51. The van der Waals surface area contributed by atoms with Gasteiger partial charge in [-0.1, -0.05) is 39.2 Å². The molecule has 0 saturated heterocycles. The van der Waals surface area contributed by atoms with Gasteiger partial charge in [-0.15, -0.1) is 0 Å². The third kappa shape index (κ3) is 4.93. The summed E-state index contributed by atoms with van der Waals surface area (Å²) < 4.78 is 0. The molecule has 106 valence electrons. The Labute approximate surface area is 116 Å². The van der Waals surface area contributed by atoms with Crippen molar-refractivity contribution in [3.05, 3.63) is 29.3 Å². The zero-order chi connectivity index (χ0) is 14.3. The van der Waals surface area contributed by atoms with Crippen molar-refractivity contribution >= 4 is 11.6 Å². The van der Waals surface area contributed by atoms with Gasteiger partial charge < -0.3 is 11.1 Å². The summed E-state index contributed by atoms with van der Waals surface area (Å²) in [6.45, 7) is 7.06. The summed E-state index contributed by atoms with van der Waals surface area (Å²) in [5.74, 6) is 0.549. The van der Waals surface area contributed by atoms with Crippen LogP contribution in [0.2, 0.25) is 0 Å². The second-order valence-corrected chi connectivity index (χ2v) is 5.20. The number of hydrogen-bond donors (Lipinski definition) is 2. The molecule has 0 heterocycles. The number of nitrogens with one attached hydrogen (secondary N) is 1. The number of nitrogen functional groups attached to an aromatic ring is 1. The van der Waals surface area contributed by atoms with Gasteiger partial charge in [0, 0.05) is 17.8 Å². The van der Waals surface area contributed by atoms with Crippen molar-refractivity contribution in [3.8, 4) is 0 Å². The number of hydrogen-bond acceptors (Lipinski definition) is 2. The fraction of sp³-hybridized carbons (Fsp3) is 0.562. The van der Waals surface area contributed by atoms with Crippen LogP contribution in [0.25, 0.3) is 0 Å². The molecular formula is C16H26N2O. The molecule has 3 nitrogen and oxygen atoms in total. The molecule has 0 radical (unpaired) electrons. The van der Waals surface area contributed by atoms with Gasteiger partial charge >= 0.3 is 0 Å². The van der Waals surface area contributed by atoms with E-state index < -0.39 is 0 Å². The largest absolute Gasteiger partial charge is 0.398 e. The minimum atomic E-state index is -0.0263. The van der Waals surface area contributed by atoms with Gasteiger partial charge in [0.2, 0.25) is 0 Å². The summed E-state index contributed by atoms with van der Waals surface area (Å²) in [5, 5.41) is 3.01. The van der Waals surface area contributed by atoms with Crippen molar-refractivity contribution in [2.75, 3.05) is 12.3 Å². The van der Waals surface area contributed by atoms with E-state index in [2.05, 4.69) is 19.2 Å². The molecule has 1 atom stereocenters. The fourth-order valence-electron chi connectivity index (χ4n) is 2.06. The molecule has 0 spiro atoms. The van der Waals surface area contributed by atoms with Crippen LogP contribution in [0.3, 0.4) is 0 Å². The topological polar surface area (TPSA) is 55.1 Å². The molecule has 3 heteroatoms. The van der Waals surface area contributed by atoms with Gasteiger partial charge in [0.25, 0.3) is 5.91 Å². The fourth-order valence-corrected chi connectivity index (χ4v) is 2.06. The first kappa shape index (κ1) is 15.5. The lowest BCUT2D eigenvalue weighted by Gasteiger charge is -2.15. The number of unbranched alkanes of at least 4 members (excludes halogenated alkanes) is 1. The Bertz CT molecular complexity index is 415. The van der Waals surface area contributed by atoms with Crippen molar-refractivity contribution in [3.63, 3.8) is 0 Å². The molecule has 1 unspecified atom stereocenters. The molecule has 3 N–H and O–H groups in total. The highest BCUT2D eigenvalue weighted by molar-refractivity contribution is 5.95. The Balaban J connectivity index is 2.52. The van der Waals surface area contributed by atoms with Gasteiger partial charge in [-0.2, -0.15) is 0 Å². The lowest BCUT2D eigenvalue weighted by molar-refractivity contribution is 0.0946. The number of amides is 1. The summed E-state index contributed by atoms with van der Waals surface area (Å²) in [5.41, 5.74) is 8.15. The van der Waals surface area contributed by atoms with Crippen LogP contribution in [-0.2, 0) is 0 Å². The van der Waals surface area contributed by atoms with Crippen LogP contribution >= 0.6 is 0 Å². The molecule has 0 aliphatic rings. The third-order valence-corrected chi connectivity index (χ3v) is 3.64. The molecule has 1 rings (SSSR count). The molecule has 0 aliphatic carbocycles. The van der Waals surface area contributed by atoms with Crippen LogP contribution in [0.4, 0.5) is 5.69 Å². The normalized spacial score (nSPS) is 12.2. The Morgan fingerprint density at radius 1 is 1.37 bits per heavy atom. The number of rotatable bonds is 7. The quantitative estimate of drug-likeness (QED) is 0.739. The van der Waals surface area contributed by atoms with Crippen LogP contribution < -0.4 is 11.1 Å². The van der Waals surface area contributed by atoms with Crippen molar-refractivity contribution < 1.29 is 4.79 Å². The van der Waals surface area contributed by atoms with E-state index in [9.17, 15) is 4.79 Å². The standard InChI is InChI=1S/C16H26N2O/c1-4-6-7-13(5-2)11-18-16(19)14-9-8-12(3)15(17)10-14/h8-10,13H,4-7,11,17H2,1-3H3,(H,18,19). The monoisotopic (exact) mass is 262 g/mol. The van der Waals surface area contributed by atoms with E-state index in [-0.39, 0.29) is 5.91 Å². The first-order valence-corrected chi connectivity index (χ1v) is 7.22. The van der Waals surface area contributed by atoms with E-state index in [0.717, 1.165) is 18.5 Å². The molecule has 0 fully saturated rings. The highest BCUT2D eigenvalue weighted by atomic mass is 16.1. The van der Waals surface area contributed by atoms with Crippen molar-refractivity contribution in [1.29, 1.82) is 0 Å². The van der Waals surface area contributed by atoms with Gasteiger partial charge in [-0.25, -0.2) is 0 Å².